The van der Waals surface area contributed by atoms with Crippen LogP contribution in [0.5, 0.6) is 0 Å². The number of hydrazone groups is 1. The normalized spacial score (nSPS) is 17.4. The van der Waals surface area contributed by atoms with E-state index < -0.39 is 46.2 Å². The number of nitrogens with one attached hydrogen (secondary N) is 2. The van der Waals surface area contributed by atoms with Crippen LogP contribution in [0.2, 0.25) is 0 Å². The van der Waals surface area contributed by atoms with Crippen molar-refractivity contribution in [2.24, 2.45) is 16.9 Å². The van der Waals surface area contributed by atoms with Gasteiger partial charge in [-0.05, 0) is 119 Å². The fraction of sp³-hybridized carbons (Fsp3) is 0.652. The zero-order valence-corrected chi connectivity index (χ0v) is 38.7. The molecule has 63 heavy (non-hydrogen) atoms. The maximum Gasteiger partial charge on any atom is 0.308 e. The van der Waals surface area contributed by atoms with Gasteiger partial charge in [-0.15, -0.1) is 0 Å². The molecular formula is C46H68N4O13. The fourth-order valence-electron chi connectivity index (χ4n) is 6.63. The van der Waals surface area contributed by atoms with Gasteiger partial charge in [-0.25, -0.2) is 5.43 Å². The molecule has 4 amide bonds. The van der Waals surface area contributed by atoms with E-state index in [-0.39, 0.29) is 94.0 Å². The predicted octanol–water partition coefficient (Wildman–Crippen LogP) is 4.97. The molecule has 0 atom stereocenters. The number of benzene rings is 1. The third-order valence-electron chi connectivity index (χ3n) is 9.58. The van der Waals surface area contributed by atoms with E-state index in [0.29, 0.717) is 43.5 Å². The molecule has 2 N–H and O–H groups in total. The number of ether oxygens (including phenoxy) is 6. The molecule has 17 heteroatoms. The molecule has 1 heterocycles. The highest BCUT2D eigenvalue weighted by atomic mass is 16.6. The second-order valence-electron chi connectivity index (χ2n) is 19.0. The summed E-state index contributed by atoms with van der Waals surface area (Å²) in [6.45, 7) is 17.2. The van der Waals surface area contributed by atoms with Gasteiger partial charge in [0.15, 0.2) is 0 Å². The number of carbonyl (C=O) groups is 7. The number of hydrogen-bond donors (Lipinski definition) is 2. The summed E-state index contributed by atoms with van der Waals surface area (Å²) in [5.41, 5.74) is 0.652. The minimum Gasteiger partial charge on any atom is -0.460 e. The minimum atomic E-state index is -1.37. The van der Waals surface area contributed by atoms with Crippen LogP contribution in [-0.2, 0) is 57.2 Å². The van der Waals surface area contributed by atoms with Crippen molar-refractivity contribution in [2.45, 2.75) is 137 Å². The van der Waals surface area contributed by atoms with Crippen molar-refractivity contribution in [1.82, 2.24) is 15.6 Å². The molecule has 350 valence electrons. The van der Waals surface area contributed by atoms with Crippen LogP contribution in [-0.4, -0.2) is 121 Å². The van der Waals surface area contributed by atoms with Crippen molar-refractivity contribution < 1.29 is 62.0 Å². The van der Waals surface area contributed by atoms with Crippen LogP contribution in [0.3, 0.4) is 0 Å². The van der Waals surface area contributed by atoms with Gasteiger partial charge in [-0.3, -0.25) is 38.5 Å². The van der Waals surface area contributed by atoms with E-state index in [0.717, 1.165) is 0 Å². The van der Waals surface area contributed by atoms with Crippen LogP contribution in [0, 0.1) is 11.8 Å². The highest BCUT2D eigenvalue weighted by molar-refractivity contribution is 6.12. The quantitative estimate of drug-likeness (QED) is 0.0394. The van der Waals surface area contributed by atoms with Crippen LogP contribution in [0.4, 0.5) is 0 Å². The molecular weight excluding hydrogens is 817 g/mol. The summed E-state index contributed by atoms with van der Waals surface area (Å²) >= 11 is 0. The maximum absolute atomic E-state index is 13.9. The lowest BCUT2D eigenvalue weighted by molar-refractivity contribution is -0.157. The summed E-state index contributed by atoms with van der Waals surface area (Å²) in [6, 6.07) is 6.57. The maximum atomic E-state index is 13.9. The van der Waals surface area contributed by atoms with Crippen molar-refractivity contribution in [3.8, 4) is 0 Å². The molecule has 1 aromatic carbocycles. The van der Waals surface area contributed by atoms with Crippen LogP contribution in [0.15, 0.2) is 41.5 Å². The Kier molecular flexibility index (Phi) is 19.6. The van der Waals surface area contributed by atoms with Gasteiger partial charge in [-0.1, -0.05) is 12.1 Å². The van der Waals surface area contributed by atoms with Crippen LogP contribution in [0.25, 0.3) is 0 Å². The van der Waals surface area contributed by atoms with Gasteiger partial charge in [-0.2, -0.15) is 5.10 Å². The summed E-state index contributed by atoms with van der Waals surface area (Å²) in [5, 5.41) is 7.30. The molecule has 0 saturated heterocycles. The van der Waals surface area contributed by atoms with E-state index in [2.05, 4.69) is 15.8 Å². The molecule has 1 saturated carbocycles. The molecule has 0 spiro atoms. The first kappa shape index (κ1) is 52.3. The SMILES string of the molecule is C/C(=N\NC(=O)C1CCC(CN2C(=O)C=CC2=O)CC1)c1ccc(C(=O)NC(COCCC(=O)OC(C)(C)C)(COCCC(=O)OC(C)(C)C)COCCC(=O)OC(C)(C)C)cc1. The van der Waals surface area contributed by atoms with E-state index in [1.54, 1.807) is 93.5 Å². The first-order valence-corrected chi connectivity index (χ1v) is 21.5. The molecule has 1 fully saturated rings. The van der Waals surface area contributed by atoms with Crippen molar-refractivity contribution in [1.29, 1.82) is 0 Å². The Bertz CT molecular complexity index is 1710. The largest absolute Gasteiger partial charge is 0.460 e. The van der Waals surface area contributed by atoms with Gasteiger partial charge in [0.05, 0.1) is 64.6 Å². The van der Waals surface area contributed by atoms with Gasteiger partial charge in [0.1, 0.15) is 22.3 Å². The van der Waals surface area contributed by atoms with Crippen LogP contribution >= 0.6 is 0 Å². The van der Waals surface area contributed by atoms with Crippen LogP contribution in [0.1, 0.15) is 130 Å². The second-order valence-corrected chi connectivity index (χ2v) is 19.0. The molecule has 1 aliphatic heterocycles. The Morgan fingerprint density at radius 3 is 1.43 bits per heavy atom. The summed E-state index contributed by atoms with van der Waals surface area (Å²) in [7, 11) is 0. The smallest absolute Gasteiger partial charge is 0.308 e. The lowest BCUT2D eigenvalue weighted by Crippen LogP contribution is -2.58. The van der Waals surface area contributed by atoms with Crippen molar-refractivity contribution >= 4 is 47.2 Å². The van der Waals surface area contributed by atoms with Crippen molar-refractivity contribution in [3.05, 3.63) is 47.5 Å². The molecule has 3 rings (SSSR count). The lowest BCUT2D eigenvalue weighted by Gasteiger charge is -2.34. The van der Waals surface area contributed by atoms with E-state index in [1.165, 1.54) is 17.1 Å². The molecule has 17 nitrogen and oxygen atoms in total. The van der Waals surface area contributed by atoms with Crippen LogP contribution < -0.4 is 10.7 Å². The number of carbonyl (C=O) groups excluding carboxylic acids is 7. The van der Waals surface area contributed by atoms with E-state index in [4.69, 9.17) is 28.4 Å². The highest BCUT2D eigenvalue weighted by Gasteiger charge is 2.35. The molecule has 0 bridgehead atoms. The molecule has 1 aliphatic carbocycles. The molecule has 2 aliphatic rings. The predicted molar refractivity (Wildman–Crippen MR) is 232 cm³/mol. The zero-order valence-electron chi connectivity index (χ0n) is 38.7. The Morgan fingerprint density at radius 1 is 0.635 bits per heavy atom. The summed E-state index contributed by atoms with van der Waals surface area (Å²) in [4.78, 5) is 89.4. The average Bonchev–Trinajstić information content (AvgIpc) is 3.49. The topological polar surface area (TPSA) is 215 Å². The molecule has 0 radical (unpaired) electrons. The van der Waals surface area contributed by atoms with E-state index in [9.17, 15) is 33.6 Å². The number of esters is 3. The Hall–Kier alpha value is -5.00. The second kappa shape index (κ2) is 23.6. The van der Waals surface area contributed by atoms with Gasteiger partial charge >= 0.3 is 17.9 Å². The van der Waals surface area contributed by atoms with Gasteiger partial charge in [0.2, 0.25) is 5.91 Å². The summed E-state index contributed by atoms with van der Waals surface area (Å²) in [6.07, 6.45) is 4.99. The third kappa shape index (κ3) is 19.9. The first-order chi connectivity index (χ1) is 29.3. The number of nitrogens with zero attached hydrogens (tertiary/aromatic N) is 2. The Balaban J connectivity index is 1.71. The first-order valence-electron chi connectivity index (χ1n) is 21.5. The lowest BCUT2D eigenvalue weighted by atomic mass is 9.81. The summed E-state index contributed by atoms with van der Waals surface area (Å²) < 4.78 is 34.1. The monoisotopic (exact) mass is 884 g/mol. The molecule has 1 aromatic rings. The van der Waals surface area contributed by atoms with E-state index >= 15 is 0 Å². The highest BCUT2D eigenvalue weighted by Crippen LogP contribution is 2.30. The van der Waals surface area contributed by atoms with Gasteiger partial charge in [0.25, 0.3) is 17.7 Å². The molecule has 0 unspecified atom stereocenters. The van der Waals surface area contributed by atoms with Gasteiger partial charge in [0, 0.05) is 30.2 Å². The molecule has 0 aromatic heterocycles. The fourth-order valence-corrected chi connectivity index (χ4v) is 6.63. The average molecular weight is 885 g/mol. The summed E-state index contributed by atoms with van der Waals surface area (Å²) in [5.74, 6) is -2.86. The standard InChI is InChI=1S/C46H68N4O13/c1-31(48-49-42(57)35-13-11-32(12-14-35)27-50-36(51)19-20-37(50)52)33-15-17-34(18-16-33)41(56)47-46(28-58-24-21-38(53)61-43(2,3)4,29-59-25-22-39(54)62-44(5,6)7)30-60-26-23-40(55)63-45(8,9)10/h15-20,32,35H,11-14,21-30H2,1-10H3,(H,47,56)(H,49,57)/b48-31+. The number of imide groups is 1. The van der Waals surface area contributed by atoms with Crippen molar-refractivity contribution in [2.75, 3.05) is 46.2 Å². The number of hydrogen-bond acceptors (Lipinski definition) is 14. The minimum absolute atomic E-state index is 0.0472. The van der Waals surface area contributed by atoms with E-state index in [1.807, 2.05) is 0 Å². The Labute approximate surface area is 371 Å². The zero-order chi connectivity index (χ0) is 47.0. The van der Waals surface area contributed by atoms with Gasteiger partial charge < -0.3 is 33.7 Å². The number of rotatable bonds is 22. The number of amides is 4. The Morgan fingerprint density at radius 2 is 1.03 bits per heavy atom. The van der Waals surface area contributed by atoms with Crippen molar-refractivity contribution in [3.63, 3.8) is 0 Å². The third-order valence-corrected chi connectivity index (χ3v) is 9.58.